The zero-order chi connectivity index (χ0) is 12.6. The van der Waals surface area contributed by atoms with Crippen LogP contribution < -0.4 is 5.73 Å². The maximum atomic E-state index is 13.4. The molecule has 0 aliphatic heterocycles. The Morgan fingerprint density at radius 2 is 1.83 bits per heavy atom. The van der Waals surface area contributed by atoms with Crippen molar-refractivity contribution in [3.8, 4) is 5.75 Å². The lowest BCUT2D eigenvalue weighted by Crippen LogP contribution is -2.19. The first-order chi connectivity index (χ1) is 8.02. The van der Waals surface area contributed by atoms with Crippen LogP contribution >= 0.6 is 28.3 Å². The maximum absolute atomic E-state index is 13.4. The highest BCUT2D eigenvalue weighted by Gasteiger charge is 2.28. The number of benzene rings is 1. The van der Waals surface area contributed by atoms with E-state index in [1.807, 2.05) is 0 Å². The summed E-state index contributed by atoms with van der Waals surface area (Å²) in [6, 6.07) is 0.931. The fourth-order valence-electron chi connectivity index (χ4n) is 2.43. The first-order valence-electron chi connectivity index (χ1n) is 5.64. The average Bonchev–Trinajstić information content (AvgIpc) is 2.84. The van der Waals surface area contributed by atoms with Gasteiger partial charge in [-0.15, -0.1) is 12.4 Å². The van der Waals surface area contributed by atoms with E-state index < -0.39 is 23.4 Å². The molecule has 102 valence electrons. The largest absolute Gasteiger partial charge is 0.505 e. The second kappa shape index (κ2) is 6.17. The highest BCUT2D eigenvalue weighted by molar-refractivity contribution is 9.10. The normalized spacial score (nSPS) is 17.6. The van der Waals surface area contributed by atoms with Gasteiger partial charge in [0.2, 0.25) is 5.82 Å². The summed E-state index contributed by atoms with van der Waals surface area (Å²) in [4.78, 5) is 0. The summed E-state index contributed by atoms with van der Waals surface area (Å²) < 4.78 is 26.6. The van der Waals surface area contributed by atoms with Gasteiger partial charge < -0.3 is 10.8 Å². The third-order valence-corrected chi connectivity index (χ3v) is 4.01. The topological polar surface area (TPSA) is 46.2 Å². The van der Waals surface area contributed by atoms with Gasteiger partial charge in [-0.2, -0.15) is 4.39 Å². The van der Waals surface area contributed by atoms with Crippen molar-refractivity contribution in [2.45, 2.75) is 31.7 Å². The summed E-state index contributed by atoms with van der Waals surface area (Å²) in [5.41, 5.74) is 6.30. The number of rotatable bonds is 2. The fourth-order valence-corrected chi connectivity index (χ4v) is 2.85. The lowest BCUT2D eigenvalue weighted by molar-refractivity contribution is 0.376. The average molecular weight is 343 g/mol. The van der Waals surface area contributed by atoms with Gasteiger partial charge in [0.25, 0.3) is 0 Å². The van der Waals surface area contributed by atoms with Crippen LogP contribution in [0.3, 0.4) is 0 Å². The Labute approximate surface area is 119 Å². The molecule has 1 saturated carbocycles. The number of nitrogens with two attached hydrogens (primary N) is 1. The van der Waals surface area contributed by atoms with Gasteiger partial charge in [0.1, 0.15) is 0 Å². The first-order valence-corrected chi connectivity index (χ1v) is 6.43. The minimum absolute atomic E-state index is 0. The fraction of sp³-hybridized carbons (Fsp3) is 0.500. The van der Waals surface area contributed by atoms with E-state index in [9.17, 15) is 13.9 Å². The number of hydrogen-bond donors (Lipinski definition) is 2. The molecule has 2 rings (SSSR count). The second-order valence-corrected chi connectivity index (χ2v) is 5.35. The van der Waals surface area contributed by atoms with E-state index in [0.717, 1.165) is 25.7 Å². The number of aromatic hydroxyl groups is 1. The van der Waals surface area contributed by atoms with Crippen LogP contribution in [-0.4, -0.2) is 5.11 Å². The zero-order valence-corrected chi connectivity index (χ0v) is 12.0. The molecule has 18 heavy (non-hydrogen) atoms. The monoisotopic (exact) mass is 341 g/mol. The Hall–Kier alpha value is -0.390. The Kier molecular flexibility index (Phi) is 5.37. The standard InChI is InChI=1S/C12H14BrF2NO.ClH/c13-8-5-7(12(17)10(15)9(8)14)11(16)6-3-1-2-4-6;/h5-6,11,17H,1-4,16H2;1H/t11-;/m1./s1. The molecule has 2 nitrogen and oxygen atoms in total. The van der Waals surface area contributed by atoms with E-state index in [4.69, 9.17) is 5.73 Å². The van der Waals surface area contributed by atoms with Crippen molar-refractivity contribution in [1.29, 1.82) is 0 Å². The van der Waals surface area contributed by atoms with Crippen molar-refractivity contribution in [3.05, 3.63) is 27.7 Å². The van der Waals surface area contributed by atoms with E-state index >= 15 is 0 Å². The molecule has 1 atom stereocenters. The molecule has 0 bridgehead atoms. The maximum Gasteiger partial charge on any atom is 0.201 e. The van der Waals surface area contributed by atoms with Gasteiger partial charge in [0, 0.05) is 11.6 Å². The van der Waals surface area contributed by atoms with Gasteiger partial charge in [-0.25, -0.2) is 4.39 Å². The first kappa shape index (κ1) is 15.7. The molecule has 1 fully saturated rings. The van der Waals surface area contributed by atoms with Gasteiger partial charge in [0.15, 0.2) is 11.6 Å². The highest BCUT2D eigenvalue weighted by Crippen LogP contribution is 2.40. The number of halogens is 4. The third-order valence-electron chi connectivity index (χ3n) is 3.43. The van der Waals surface area contributed by atoms with Crippen LogP contribution in [0.15, 0.2) is 10.5 Å². The Morgan fingerprint density at radius 3 is 2.39 bits per heavy atom. The summed E-state index contributed by atoms with van der Waals surface area (Å²) in [7, 11) is 0. The predicted octanol–water partition coefficient (Wildman–Crippen LogP) is 4.04. The van der Waals surface area contributed by atoms with Crippen molar-refractivity contribution < 1.29 is 13.9 Å². The summed E-state index contributed by atoms with van der Waals surface area (Å²) in [5.74, 6) is -2.74. The molecule has 0 radical (unpaired) electrons. The minimum atomic E-state index is -1.23. The molecule has 3 N–H and O–H groups in total. The van der Waals surface area contributed by atoms with Crippen LogP contribution in [0.1, 0.15) is 37.3 Å². The van der Waals surface area contributed by atoms with Crippen LogP contribution in [0.4, 0.5) is 8.78 Å². The molecule has 1 aromatic rings. The van der Waals surface area contributed by atoms with Crippen molar-refractivity contribution in [2.24, 2.45) is 11.7 Å². The van der Waals surface area contributed by atoms with Gasteiger partial charge in [0.05, 0.1) is 4.47 Å². The van der Waals surface area contributed by atoms with Crippen LogP contribution in [0.25, 0.3) is 0 Å². The van der Waals surface area contributed by atoms with Gasteiger partial charge in [-0.1, -0.05) is 12.8 Å². The van der Waals surface area contributed by atoms with E-state index in [2.05, 4.69) is 15.9 Å². The zero-order valence-electron chi connectivity index (χ0n) is 9.63. The Balaban J connectivity index is 0.00000162. The molecule has 6 heteroatoms. The van der Waals surface area contributed by atoms with E-state index in [1.54, 1.807) is 0 Å². The van der Waals surface area contributed by atoms with Crippen LogP contribution in [0.5, 0.6) is 5.75 Å². The third kappa shape index (κ3) is 2.78. The summed E-state index contributed by atoms with van der Waals surface area (Å²) in [5, 5.41) is 9.62. The molecule has 0 amide bonds. The van der Waals surface area contributed by atoms with Gasteiger partial charge in [-0.3, -0.25) is 0 Å². The highest BCUT2D eigenvalue weighted by atomic mass is 79.9. The van der Waals surface area contributed by atoms with Crippen LogP contribution in [0, 0.1) is 17.6 Å². The van der Waals surface area contributed by atoms with Crippen molar-refractivity contribution in [3.63, 3.8) is 0 Å². The molecule has 0 spiro atoms. The molecule has 1 aliphatic carbocycles. The summed E-state index contributed by atoms with van der Waals surface area (Å²) in [6.45, 7) is 0. The van der Waals surface area contributed by atoms with Gasteiger partial charge >= 0.3 is 0 Å². The molecule has 0 unspecified atom stereocenters. The summed E-state index contributed by atoms with van der Waals surface area (Å²) in [6.07, 6.45) is 4.14. The SMILES string of the molecule is Cl.N[C@@H](c1cc(Br)c(F)c(F)c1O)C1CCCC1. The Morgan fingerprint density at radius 1 is 1.28 bits per heavy atom. The second-order valence-electron chi connectivity index (χ2n) is 4.49. The molecule has 0 heterocycles. The summed E-state index contributed by atoms with van der Waals surface area (Å²) >= 11 is 2.93. The molecule has 0 aromatic heterocycles. The Bertz CT molecular complexity index is 439. The number of phenolic OH excluding ortho intramolecular Hbond substituents is 1. The van der Waals surface area contributed by atoms with E-state index in [0.29, 0.717) is 0 Å². The molecule has 0 saturated heterocycles. The smallest absolute Gasteiger partial charge is 0.201 e. The predicted molar refractivity (Wildman–Crippen MR) is 71.9 cm³/mol. The van der Waals surface area contributed by atoms with Crippen molar-refractivity contribution >= 4 is 28.3 Å². The van der Waals surface area contributed by atoms with E-state index in [-0.39, 0.29) is 28.4 Å². The minimum Gasteiger partial charge on any atom is -0.505 e. The molecule has 1 aromatic carbocycles. The van der Waals surface area contributed by atoms with Gasteiger partial charge in [-0.05, 0) is 40.8 Å². The van der Waals surface area contributed by atoms with Crippen LogP contribution in [0.2, 0.25) is 0 Å². The molecular weight excluding hydrogens is 327 g/mol. The lowest BCUT2D eigenvalue weighted by atomic mass is 9.92. The molecular formula is C12H15BrClF2NO. The van der Waals surface area contributed by atoms with Crippen molar-refractivity contribution in [1.82, 2.24) is 0 Å². The van der Waals surface area contributed by atoms with Crippen LogP contribution in [-0.2, 0) is 0 Å². The number of phenols is 1. The van der Waals surface area contributed by atoms with Crippen molar-refractivity contribution in [2.75, 3.05) is 0 Å². The lowest BCUT2D eigenvalue weighted by Gasteiger charge is -2.20. The molecule has 1 aliphatic rings. The van der Waals surface area contributed by atoms with E-state index in [1.165, 1.54) is 6.07 Å². The number of hydrogen-bond acceptors (Lipinski definition) is 2. The quantitative estimate of drug-likeness (QED) is 0.797.